The van der Waals surface area contributed by atoms with Gasteiger partial charge in [0.25, 0.3) is 0 Å². The zero-order chi connectivity index (χ0) is 13.1. The minimum absolute atomic E-state index is 0.546. The molecule has 6 heteroatoms. The topological polar surface area (TPSA) is 36.0 Å². The Morgan fingerprint density at radius 2 is 1.16 bits per heavy atom. The van der Waals surface area contributed by atoms with Crippen molar-refractivity contribution in [2.75, 3.05) is 46.0 Å². The lowest BCUT2D eigenvalue weighted by atomic mass is 10.4. The fourth-order valence-corrected chi connectivity index (χ4v) is 5.89. The lowest BCUT2D eigenvalue weighted by Crippen LogP contribution is -2.32. The lowest BCUT2D eigenvalue weighted by molar-refractivity contribution is 0.124. The Morgan fingerprint density at radius 1 is 0.737 bits per heavy atom. The molecule has 0 amide bonds. The van der Waals surface area contributed by atoms with E-state index in [9.17, 15) is 4.57 Å². The van der Waals surface area contributed by atoms with Crippen molar-refractivity contribution in [1.29, 1.82) is 0 Å². The lowest BCUT2D eigenvalue weighted by Gasteiger charge is -2.34. The molecule has 0 aromatic rings. The molecular weight excluding hydrogens is 261 g/mol. The standard InChI is InChI=1S/C13H26N3O2P/c17-19(15-9-3-4-10-15,16-11-5-6-12-16)18-13-14-7-1-2-8-14/h1-13H2. The summed E-state index contributed by atoms with van der Waals surface area (Å²) in [5.41, 5.74) is 0. The third-order valence-corrected chi connectivity index (χ3v) is 7.17. The molecule has 0 aromatic heterocycles. The van der Waals surface area contributed by atoms with Crippen molar-refractivity contribution in [3.8, 4) is 0 Å². The van der Waals surface area contributed by atoms with E-state index in [1.807, 2.05) is 0 Å². The van der Waals surface area contributed by atoms with Crippen LogP contribution in [0.15, 0.2) is 0 Å². The second-order valence-electron chi connectivity index (χ2n) is 5.90. The van der Waals surface area contributed by atoms with Crippen LogP contribution in [-0.4, -0.2) is 60.2 Å². The molecule has 3 rings (SSSR count). The predicted octanol–water partition coefficient (Wildman–Crippen LogP) is 2.36. The largest absolute Gasteiger partial charge is 0.347 e. The molecule has 3 fully saturated rings. The zero-order valence-electron chi connectivity index (χ0n) is 11.8. The first-order chi connectivity index (χ1) is 9.29. The summed E-state index contributed by atoms with van der Waals surface area (Å²) in [7, 11) is -2.74. The van der Waals surface area contributed by atoms with Gasteiger partial charge >= 0.3 is 7.67 Å². The number of hydrogen-bond acceptors (Lipinski definition) is 3. The van der Waals surface area contributed by atoms with Gasteiger partial charge in [0.05, 0.1) is 0 Å². The summed E-state index contributed by atoms with van der Waals surface area (Å²) >= 11 is 0. The van der Waals surface area contributed by atoms with E-state index in [1.165, 1.54) is 12.8 Å². The smallest absolute Gasteiger partial charge is 0.290 e. The van der Waals surface area contributed by atoms with Crippen molar-refractivity contribution in [2.45, 2.75) is 38.5 Å². The number of nitrogens with zero attached hydrogens (tertiary/aromatic N) is 3. The average molecular weight is 287 g/mol. The summed E-state index contributed by atoms with van der Waals surface area (Å²) in [5, 5.41) is 0. The zero-order valence-corrected chi connectivity index (χ0v) is 12.7. The van der Waals surface area contributed by atoms with E-state index >= 15 is 0 Å². The summed E-state index contributed by atoms with van der Waals surface area (Å²) < 4.78 is 23.6. The van der Waals surface area contributed by atoms with Crippen LogP contribution >= 0.6 is 7.67 Å². The van der Waals surface area contributed by atoms with Crippen molar-refractivity contribution in [1.82, 2.24) is 14.2 Å². The van der Waals surface area contributed by atoms with Crippen molar-refractivity contribution < 1.29 is 9.09 Å². The van der Waals surface area contributed by atoms with Crippen LogP contribution in [0.4, 0.5) is 0 Å². The normalized spacial score (nSPS) is 27.6. The molecule has 110 valence electrons. The average Bonchev–Trinajstić information content (AvgIpc) is 3.18. The van der Waals surface area contributed by atoms with Gasteiger partial charge in [-0.3, -0.25) is 14.0 Å². The monoisotopic (exact) mass is 287 g/mol. The molecule has 5 nitrogen and oxygen atoms in total. The van der Waals surface area contributed by atoms with Crippen LogP contribution in [0, 0.1) is 0 Å². The van der Waals surface area contributed by atoms with E-state index in [0.717, 1.165) is 65.0 Å². The molecule has 3 saturated heterocycles. The van der Waals surface area contributed by atoms with Crippen LogP contribution in [0.1, 0.15) is 38.5 Å². The van der Waals surface area contributed by atoms with E-state index in [0.29, 0.717) is 6.73 Å². The number of rotatable bonds is 5. The third kappa shape index (κ3) is 3.06. The summed E-state index contributed by atoms with van der Waals surface area (Å²) in [4.78, 5) is 2.29. The van der Waals surface area contributed by atoms with Crippen LogP contribution in [0.5, 0.6) is 0 Å². The van der Waals surface area contributed by atoms with Gasteiger partial charge in [0, 0.05) is 39.3 Å². The second-order valence-corrected chi connectivity index (χ2v) is 8.27. The molecule has 0 radical (unpaired) electrons. The number of hydrogen-bond donors (Lipinski definition) is 0. The molecule has 0 bridgehead atoms. The predicted molar refractivity (Wildman–Crippen MR) is 76.0 cm³/mol. The second kappa shape index (κ2) is 6.23. The van der Waals surface area contributed by atoms with E-state index in [2.05, 4.69) is 14.2 Å². The molecule has 0 N–H and O–H groups in total. The number of likely N-dealkylation sites (tertiary alicyclic amines) is 1. The highest BCUT2D eigenvalue weighted by atomic mass is 31.2. The van der Waals surface area contributed by atoms with Crippen LogP contribution in [-0.2, 0) is 9.09 Å². The van der Waals surface area contributed by atoms with Gasteiger partial charge in [0.2, 0.25) is 0 Å². The maximum atomic E-state index is 13.4. The van der Waals surface area contributed by atoms with Crippen molar-refractivity contribution in [3.05, 3.63) is 0 Å². The first kappa shape index (κ1) is 14.0. The van der Waals surface area contributed by atoms with E-state index in [1.54, 1.807) is 0 Å². The van der Waals surface area contributed by atoms with Gasteiger partial charge in [-0.25, -0.2) is 9.34 Å². The van der Waals surface area contributed by atoms with Crippen molar-refractivity contribution >= 4 is 7.67 Å². The minimum atomic E-state index is -2.74. The highest BCUT2D eigenvalue weighted by Gasteiger charge is 2.41. The van der Waals surface area contributed by atoms with Crippen LogP contribution in [0.2, 0.25) is 0 Å². The fourth-order valence-electron chi connectivity index (χ4n) is 3.32. The van der Waals surface area contributed by atoms with E-state index < -0.39 is 7.67 Å². The van der Waals surface area contributed by atoms with Crippen molar-refractivity contribution in [2.24, 2.45) is 0 Å². The van der Waals surface area contributed by atoms with Gasteiger partial charge in [-0.1, -0.05) is 0 Å². The SMILES string of the molecule is O=P(OCN1CCCC1)(N1CCCC1)N1CCCC1. The molecule has 0 unspecified atom stereocenters. The Hall–Kier alpha value is 0.0700. The molecule has 0 aliphatic carbocycles. The van der Waals surface area contributed by atoms with Crippen LogP contribution in [0.3, 0.4) is 0 Å². The Balaban J connectivity index is 1.65. The molecule has 3 aliphatic rings. The third-order valence-electron chi connectivity index (χ3n) is 4.49. The van der Waals surface area contributed by atoms with Crippen LogP contribution < -0.4 is 0 Å². The molecule has 3 heterocycles. The first-order valence-electron chi connectivity index (χ1n) is 7.77. The molecule has 0 spiro atoms. The van der Waals surface area contributed by atoms with Gasteiger partial charge < -0.3 is 0 Å². The quantitative estimate of drug-likeness (QED) is 0.725. The Morgan fingerprint density at radius 3 is 1.63 bits per heavy atom. The maximum Gasteiger partial charge on any atom is 0.347 e. The summed E-state index contributed by atoms with van der Waals surface area (Å²) in [6.45, 7) is 6.49. The Labute approximate surface area is 116 Å². The molecule has 0 saturated carbocycles. The first-order valence-corrected chi connectivity index (χ1v) is 9.30. The molecule has 19 heavy (non-hydrogen) atoms. The van der Waals surface area contributed by atoms with Crippen molar-refractivity contribution in [3.63, 3.8) is 0 Å². The molecule has 0 aromatic carbocycles. The summed E-state index contributed by atoms with van der Waals surface area (Å²) in [6.07, 6.45) is 7.13. The van der Waals surface area contributed by atoms with Gasteiger partial charge in [-0.2, -0.15) is 0 Å². The fraction of sp³-hybridized carbons (Fsp3) is 1.00. The van der Waals surface area contributed by atoms with Gasteiger partial charge in [-0.05, 0) is 38.5 Å². The Kier molecular flexibility index (Phi) is 4.60. The summed E-state index contributed by atoms with van der Waals surface area (Å²) in [6, 6.07) is 0. The highest BCUT2D eigenvalue weighted by molar-refractivity contribution is 7.54. The van der Waals surface area contributed by atoms with Gasteiger partial charge in [-0.15, -0.1) is 0 Å². The van der Waals surface area contributed by atoms with Gasteiger partial charge in [0.15, 0.2) is 0 Å². The van der Waals surface area contributed by atoms with E-state index in [4.69, 9.17) is 4.52 Å². The molecule has 3 aliphatic heterocycles. The Bertz CT molecular complexity index is 315. The van der Waals surface area contributed by atoms with E-state index in [-0.39, 0.29) is 0 Å². The van der Waals surface area contributed by atoms with Gasteiger partial charge in [0.1, 0.15) is 6.73 Å². The highest BCUT2D eigenvalue weighted by Crippen LogP contribution is 2.57. The molecular formula is C13H26N3O2P. The summed E-state index contributed by atoms with van der Waals surface area (Å²) in [5.74, 6) is 0. The minimum Gasteiger partial charge on any atom is -0.290 e. The maximum absolute atomic E-state index is 13.4. The van der Waals surface area contributed by atoms with Crippen LogP contribution in [0.25, 0.3) is 0 Å². The molecule has 0 atom stereocenters.